The minimum Gasteiger partial charge on any atom is -0.411 e. The Morgan fingerprint density at radius 3 is 2.77 bits per heavy atom. The van der Waals surface area contributed by atoms with E-state index in [-0.39, 0.29) is 17.7 Å². The van der Waals surface area contributed by atoms with Crippen molar-refractivity contribution in [3.8, 4) is 11.5 Å². The van der Waals surface area contributed by atoms with Crippen LogP contribution in [0.3, 0.4) is 0 Å². The molecule has 2 aromatic heterocycles. The van der Waals surface area contributed by atoms with E-state index in [0.29, 0.717) is 11.1 Å². The summed E-state index contributed by atoms with van der Waals surface area (Å²) in [4.78, 5) is 16.3. The minimum atomic E-state index is -0.0570. The predicted octanol–water partition coefficient (Wildman–Crippen LogP) is 3.88. The molecule has 0 aliphatic rings. The van der Waals surface area contributed by atoms with E-state index in [2.05, 4.69) is 27.4 Å². The molecule has 0 radical (unpaired) electrons. The Morgan fingerprint density at radius 2 is 2.04 bits per heavy atom. The number of pyridine rings is 1. The van der Waals surface area contributed by atoms with Crippen LogP contribution in [0.25, 0.3) is 11.5 Å². The number of benzene rings is 1. The molecule has 1 amide bonds. The van der Waals surface area contributed by atoms with Crippen LogP contribution < -0.4 is 5.32 Å². The van der Waals surface area contributed by atoms with Gasteiger partial charge in [-0.15, -0.1) is 10.2 Å². The molecule has 0 bridgehead atoms. The van der Waals surface area contributed by atoms with Gasteiger partial charge in [0.2, 0.25) is 11.8 Å². The fourth-order valence-electron chi connectivity index (χ4n) is 2.53. The zero-order valence-corrected chi connectivity index (χ0v) is 15.3. The van der Waals surface area contributed by atoms with Crippen LogP contribution in [0, 0.1) is 0 Å². The molecule has 0 spiro atoms. The third-order valence-electron chi connectivity index (χ3n) is 3.76. The molecule has 0 unspecified atom stereocenters. The molecule has 2 heterocycles. The van der Waals surface area contributed by atoms with Crippen LogP contribution in [0.1, 0.15) is 31.4 Å². The summed E-state index contributed by atoms with van der Waals surface area (Å²) in [6.07, 6.45) is 5.22. The van der Waals surface area contributed by atoms with E-state index in [0.717, 1.165) is 24.0 Å². The Labute approximate surface area is 156 Å². The lowest BCUT2D eigenvalue weighted by Crippen LogP contribution is -2.29. The van der Waals surface area contributed by atoms with E-state index in [1.54, 1.807) is 18.5 Å². The Balaban J connectivity index is 1.56. The highest BCUT2D eigenvalue weighted by molar-refractivity contribution is 7.99. The summed E-state index contributed by atoms with van der Waals surface area (Å²) in [5.41, 5.74) is 1.87. The lowest BCUT2D eigenvalue weighted by atomic mass is 10.0. The fourth-order valence-corrected chi connectivity index (χ4v) is 3.11. The maximum Gasteiger partial charge on any atom is 0.277 e. The Morgan fingerprint density at radius 1 is 1.19 bits per heavy atom. The van der Waals surface area contributed by atoms with Crippen LogP contribution in [0.4, 0.5) is 0 Å². The summed E-state index contributed by atoms with van der Waals surface area (Å²) < 4.78 is 5.58. The van der Waals surface area contributed by atoms with Crippen molar-refractivity contribution in [3.63, 3.8) is 0 Å². The number of nitrogens with zero attached hydrogens (tertiary/aromatic N) is 3. The highest BCUT2D eigenvalue weighted by Crippen LogP contribution is 2.23. The van der Waals surface area contributed by atoms with Crippen LogP contribution in [0.2, 0.25) is 0 Å². The molecule has 3 rings (SSSR count). The first-order chi connectivity index (χ1) is 12.8. The maximum absolute atomic E-state index is 12.3. The van der Waals surface area contributed by atoms with Gasteiger partial charge in [-0.2, -0.15) is 0 Å². The number of hydrogen-bond donors (Lipinski definition) is 1. The van der Waals surface area contributed by atoms with Gasteiger partial charge < -0.3 is 9.73 Å². The minimum absolute atomic E-state index is 0.0166. The number of nitrogens with one attached hydrogen (secondary N) is 1. The second kappa shape index (κ2) is 9.15. The molecule has 1 N–H and O–H groups in total. The van der Waals surface area contributed by atoms with Crippen LogP contribution in [-0.2, 0) is 4.79 Å². The molecule has 1 atom stereocenters. The molecule has 0 saturated heterocycles. The standard InChI is InChI=1S/C19H20N4O2S/c1-2-7-16(14-8-4-3-5-9-14)21-17(24)13-26-19-23-22-18(25-19)15-10-6-11-20-12-15/h3-6,8-12,16H,2,7,13H2,1H3,(H,21,24)/t16-/m0/s1. The van der Waals surface area contributed by atoms with E-state index in [4.69, 9.17) is 4.42 Å². The predicted molar refractivity (Wildman–Crippen MR) is 100 cm³/mol. The van der Waals surface area contributed by atoms with Gasteiger partial charge in [0.25, 0.3) is 5.22 Å². The van der Waals surface area contributed by atoms with Gasteiger partial charge in [0.15, 0.2) is 0 Å². The van der Waals surface area contributed by atoms with Gasteiger partial charge in [-0.3, -0.25) is 9.78 Å². The first kappa shape index (κ1) is 18.1. The third-order valence-corrected chi connectivity index (χ3v) is 4.57. The Kier molecular flexibility index (Phi) is 6.38. The summed E-state index contributed by atoms with van der Waals surface area (Å²) in [5.74, 6) is 0.564. The van der Waals surface area contributed by atoms with E-state index >= 15 is 0 Å². The molecular formula is C19H20N4O2S. The highest BCUT2D eigenvalue weighted by Gasteiger charge is 2.15. The van der Waals surface area contributed by atoms with Crippen molar-refractivity contribution >= 4 is 17.7 Å². The van der Waals surface area contributed by atoms with Gasteiger partial charge in [-0.25, -0.2) is 0 Å². The molecule has 3 aromatic rings. The van der Waals surface area contributed by atoms with Crippen molar-refractivity contribution in [2.24, 2.45) is 0 Å². The summed E-state index contributed by atoms with van der Waals surface area (Å²) in [6, 6.07) is 13.7. The summed E-state index contributed by atoms with van der Waals surface area (Å²) in [5, 5.41) is 11.4. The highest BCUT2D eigenvalue weighted by atomic mass is 32.2. The molecular weight excluding hydrogens is 348 g/mol. The van der Waals surface area contributed by atoms with E-state index in [1.807, 2.05) is 36.4 Å². The molecule has 26 heavy (non-hydrogen) atoms. The van der Waals surface area contributed by atoms with Crippen LogP contribution in [0.15, 0.2) is 64.5 Å². The molecule has 0 fully saturated rings. The fraction of sp³-hybridized carbons (Fsp3) is 0.263. The van der Waals surface area contributed by atoms with E-state index in [9.17, 15) is 4.79 Å². The number of rotatable bonds is 8. The first-order valence-corrected chi connectivity index (χ1v) is 9.46. The Hall–Kier alpha value is -2.67. The smallest absolute Gasteiger partial charge is 0.277 e. The molecule has 0 saturated carbocycles. The number of carbonyl (C=O) groups is 1. The molecule has 0 aliphatic heterocycles. The maximum atomic E-state index is 12.3. The largest absolute Gasteiger partial charge is 0.411 e. The average Bonchev–Trinajstić information content (AvgIpc) is 3.17. The lowest BCUT2D eigenvalue weighted by molar-refractivity contribution is -0.119. The van der Waals surface area contributed by atoms with Gasteiger partial charge >= 0.3 is 0 Å². The van der Waals surface area contributed by atoms with Crippen LogP contribution in [-0.4, -0.2) is 26.8 Å². The van der Waals surface area contributed by atoms with Gasteiger partial charge in [-0.1, -0.05) is 55.4 Å². The quantitative estimate of drug-likeness (QED) is 0.608. The van der Waals surface area contributed by atoms with Gasteiger partial charge in [0.05, 0.1) is 17.4 Å². The van der Waals surface area contributed by atoms with Crippen molar-refractivity contribution in [2.75, 3.05) is 5.75 Å². The molecule has 0 aliphatic carbocycles. The molecule has 6 nitrogen and oxygen atoms in total. The van der Waals surface area contributed by atoms with Gasteiger partial charge in [0, 0.05) is 12.4 Å². The SMILES string of the molecule is CCC[C@H](NC(=O)CSc1nnc(-c2cccnc2)o1)c1ccccc1. The van der Waals surface area contributed by atoms with Gasteiger partial charge in [-0.05, 0) is 24.1 Å². The normalized spacial score (nSPS) is 11.9. The van der Waals surface area contributed by atoms with Crippen molar-refractivity contribution < 1.29 is 9.21 Å². The van der Waals surface area contributed by atoms with Gasteiger partial charge in [0.1, 0.15) is 0 Å². The molecule has 134 valence electrons. The average molecular weight is 368 g/mol. The number of thioether (sulfide) groups is 1. The number of hydrogen-bond acceptors (Lipinski definition) is 6. The zero-order chi connectivity index (χ0) is 18.2. The van der Waals surface area contributed by atoms with Crippen molar-refractivity contribution in [3.05, 3.63) is 60.4 Å². The second-order valence-corrected chi connectivity index (χ2v) is 6.65. The monoisotopic (exact) mass is 368 g/mol. The second-order valence-electron chi connectivity index (χ2n) is 5.72. The van der Waals surface area contributed by atoms with Crippen molar-refractivity contribution in [1.82, 2.24) is 20.5 Å². The number of aromatic nitrogens is 3. The van der Waals surface area contributed by atoms with Crippen LogP contribution in [0.5, 0.6) is 0 Å². The molecule has 7 heteroatoms. The number of amides is 1. The summed E-state index contributed by atoms with van der Waals surface area (Å²) in [7, 11) is 0. The van der Waals surface area contributed by atoms with E-state index < -0.39 is 0 Å². The molecule has 1 aromatic carbocycles. The van der Waals surface area contributed by atoms with Crippen LogP contribution >= 0.6 is 11.8 Å². The summed E-state index contributed by atoms with van der Waals surface area (Å²) >= 11 is 1.23. The Bertz CT molecular complexity index is 824. The first-order valence-electron chi connectivity index (χ1n) is 8.47. The topological polar surface area (TPSA) is 80.9 Å². The number of carbonyl (C=O) groups excluding carboxylic acids is 1. The summed E-state index contributed by atoms with van der Waals surface area (Å²) in [6.45, 7) is 2.11. The third kappa shape index (κ3) is 4.92. The lowest BCUT2D eigenvalue weighted by Gasteiger charge is -2.18. The van der Waals surface area contributed by atoms with Crippen molar-refractivity contribution in [2.45, 2.75) is 31.0 Å². The van der Waals surface area contributed by atoms with Crippen molar-refractivity contribution in [1.29, 1.82) is 0 Å². The van der Waals surface area contributed by atoms with E-state index in [1.165, 1.54) is 11.8 Å². The zero-order valence-electron chi connectivity index (χ0n) is 14.5.